The number of hydrogen-bond acceptors (Lipinski definition) is 13. The average molecular weight is 1260 g/mol. The smallest absolute Gasteiger partial charge is 0.336 e. The summed E-state index contributed by atoms with van der Waals surface area (Å²) in [5, 5.41) is 55.1. The van der Waals surface area contributed by atoms with Gasteiger partial charge in [-0.25, -0.2) is 28.1 Å². The molecular formula is C74H103N3O12S. The lowest BCUT2D eigenvalue weighted by Gasteiger charge is -2.26. The number of nitrogens with zero attached hydrogens (tertiary/aromatic N) is 3. The Morgan fingerprint density at radius 3 is 0.744 bits per heavy atom. The fourth-order valence-corrected chi connectivity index (χ4v) is 12.3. The van der Waals surface area contributed by atoms with E-state index in [9.17, 15) is 49.5 Å². The van der Waals surface area contributed by atoms with Gasteiger partial charge in [0.1, 0.15) is 42.0 Å². The number of phenols is 5. The minimum absolute atomic E-state index is 0.103. The fraction of sp³-hybridized carbons (Fsp3) is 0.527. The predicted octanol–water partition coefficient (Wildman–Crippen LogP) is 14.4. The number of benzene rings is 5. The van der Waals surface area contributed by atoms with Gasteiger partial charge < -0.3 is 35.0 Å². The largest absolute Gasteiger partial charge is 0.507 e. The Morgan fingerprint density at radius 2 is 0.544 bits per heavy atom. The fourth-order valence-electron chi connectivity index (χ4n) is 11.5. The molecule has 0 fully saturated rings. The molecule has 0 aliphatic carbocycles. The molecule has 492 valence electrons. The molecule has 6 rings (SSSR count). The third-order valence-electron chi connectivity index (χ3n) is 17.5. The Morgan fingerprint density at radius 1 is 0.356 bits per heavy atom. The average Bonchev–Trinajstić information content (AvgIpc) is 0.867. The van der Waals surface area contributed by atoms with E-state index < -0.39 is 17.1 Å². The lowest BCUT2D eigenvalue weighted by atomic mass is 9.82. The summed E-state index contributed by atoms with van der Waals surface area (Å²) in [6, 6.07) is 9.58. The predicted molar refractivity (Wildman–Crippen MR) is 364 cm³/mol. The summed E-state index contributed by atoms with van der Waals surface area (Å²) in [4.78, 5) is 67.7. The zero-order valence-electron chi connectivity index (χ0n) is 58.6. The van der Waals surface area contributed by atoms with Crippen LogP contribution in [0.25, 0.3) is 0 Å². The molecule has 0 spiro atoms. The van der Waals surface area contributed by atoms with Crippen molar-refractivity contribution in [2.45, 2.75) is 246 Å². The molecule has 0 radical (unpaired) electrons. The van der Waals surface area contributed by atoms with Crippen molar-refractivity contribution in [3.8, 4) is 28.7 Å². The normalized spacial score (nSPS) is 12.3. The lowest BCUT2D eigenvalue weighted by molar-refractivity contribution is -0.145. The number of rotatable bonds is 16. The summed E-state index contributed by atoms with van der Waals surface area (Å²) in [7, 11) is 0. The highest BCUT2D eigenvalue weighted by atomic mass is 32.2. The number of carbonyl (C=O) groups is 2. The minimum Gasteiger partial charge on any atom is -0.507 e. The summed E-state index contributed by atoms with van der Waals surface area (Å²) in [5.74, 6) is 1.28. The van der Waals surface area contributed by atoms with E-state index in [0.717, 1.165) is 91.6 Å². The maximum absolute atomic E-state index is 14.4. The molecule has 1 heterocycles. The number of phenolic OH excluding ortho intramolecular Hbond substituents is 5. The molecule has 0 saturated carbocycles. The minimum atomic E-state index is -0.794. The van der Waals surface area contributed by atoms with Gasteiger partial charge in [-0.05, 0) is 208 Å². The van der Waals surface area contributed by atoms with E-state index in [1.807, 2.05) is 141 Å². The van der Waals surface area contributed by atoms with Crippen LogP contribution in [0.1, 0.15) is 228 Å². The summed E-state index contributed by atoms with van der Waals surface area (Å²) in [6.45, 7) is 48.7. The molecule has 1 aromatic heterocycles. The monoisotopic (exact) mass is 1260 g/mol. The summed E-state index contributed by atoms with van der Waals surface area (Å²) in [6.07, 6.45) is 0.476. The van der Waals surface area contributed by atoms with Crippen LogP contribution in [-0.4, -0.2) is 62.7 Å². The standard InChI is InChI=1S/C42H57N3O6.C32H46O6S/c1-22-16-31(40(7,8)9)34(46)25(4)28(22)19-43-37(49)44(20-29-23(2)17-32(41(10,11)12)35(47)26(29)5)39(51)45(38(43)50)21-30-24(3)18-33(42(13,14)15)36(48)27(30)6;1-19-15-25(31(5,6)7)29(35)21(3)23(19)17-37-27(33)11-13-39-14-12-28(34)38-18-24-20(2)16-26(32(8,9)10)30(36)22(24)4/h16-18,46-48H,19-21H2,1-15H3;15-16,35-36H,11-14,17-18H2,1-10H3. The number of carbonyl (C=O) groups excluding carboxylic acids is 2. The van der Waals surface area contributed by atoms with E-state index >= 15 is 0 Å². The Hall–Kier alpha value is -7.20. The first-order valence-electron chi connectivity index (χ1n) is 31.1. The zero-order chi connectivity index (χ0) is 68.6. The Balaban J connectivity index is 0.000000340. The Kier molecular flexibility index (Phi) is 22.6. The van der Waals surface area contributed by atoms with Crippen LogP contribution in [0.5, 0.6) is 28.7 Å². The van der Waals surface area contributed by atoms with Crippen molar-refractivity contribution < 1.29 is 44.6 Å². The molecular weight excluding hydrogens is 1150 g/mol. The second-order valence-electron chi connectivity index (χ2n) is 29.8. The topological polar surface area (TPSA) is 220 Å². The molecule has 0 bridgehead atoms. The van der Waals surface area contributed by atoms with E-state index in [-0.39, 0.29) is 113 Å². The van der Waals surface area contributed by atoms with Crippen LogP contribution in [-0.2, 0) is 79.0 Å². The van der Waals surface area contributed by atoms with E-state index in [4.69, 9.17) is 9.47 Å². The molecule has 6 aromatic rings. The van der Waals surface area contributed by atoms with Gasteiger partial charge in [0.05, 0.1) is 32.5 Å². The van der Waals surface area contributed by atoms with Crippen LogP contribution >= 0.6 is 11.8 Å². The number of aromatic nitrogens is 3. The summed E-state index contributed by atoms with van der Waals surface area (Å²) in [5.41, 5.74) is 11.2. The van der Waals surface area contributed by atoms with E-state index in [2.05, 4.69) is 41.5 Å². The van der Waals surface area contributed by atoms with E-state index in [1.54, 1.807) is 20.8 Å². The van der Waals surface area contributed by atoms with Gasteiger partial charge in [0.15, 0.2) is 0 Å². The van der Waals surface area contributed by atoms with Gasteiger partial charge in [-0.1, -0.05) is 134 Å². The van der Waals surface area contributed by atoms with E-state index in [1.165, 1.54) is 11.8 Å². The van der Waals surface area contributed by atoms with Crippen LogP contribution in [0, 0.1) is 69.2 Å². The van der Waals surface area contributed by atoms with Crippen molar-refractivity contribution in [2.24, 2.45) is 0 Å². The number of esters is 2. The van der Waals surface area contributed by atoms with Crippen molar-refractivity contribution >= 4 is 23.7 Å². The molecule has 90 heavy (non-hydrogen) atoms. The SMILES string of the molecule is Cc1cc(C(C)(C)C)c(O)c(C)c1COC(=O)CCSCCC(=O)OCc1c(C)cc(C(C)(C)C)c(O)c1C.Cc1cc(C(C)(C)C)c(O)c(C)c1Cn1c(=O)n(Cc2c(C)cc(C(C)(C)C)c(O)c2C)c(=O)n(Cc2c(C)cc(C(C)(C)C)c(O)c2C)c1=O. The van der Waals surface area contributed by atoms with Crippen molar-refractivity contribution in [3.63, 3.8) is 0 Å². The molecule has 0 aliphatic heterocycles. The molecule has 0 aliphatic rings. The first-order valence-corrected chi connectivity index (χ1v) is 32.3. The first-order chi connectivity index (χ1) is 41.1. The van der Waals surface area contributed by atoms with Crippen molar-refractivity contribution in [2.75, 3.05) is 11.5 Å². The second-order valence-corrected chi connectivity index (χ2v) is 31.0. The third kappa shape index (κ3) is 16.5. The van der Waals surface area contributed by atoms with Gasteiger partial charge in [0.25, 0.3) is 0 Å². The molecule has 0 saturated heterocycles. The van der Waals surface area contributed by atoms with Crippen LogP contribution in [0.3, 0.4) is 0 Å². The zero-order valence-corrected chi connectivity index (χ0v) is 59.4. The molecule has 0 atom stereocenters. The van der Waals surface area contributed by atoms with Gasteiger partial charge in [0, 0.05) is 11.5 Å². The van der Waals surface area contributed by atoms with Crippen molar-refractivity contribution in [1.82, 2.24) is 13.7 Å². The summed E-state index contributed by atoms with van der Waals surface area (Å²) < 4.78 is 14.1. The number of ether oxygens (including phenoxy) is 2. The highest BCUT2D eigenvalue weighted by Gasteiger charge is 2.30. The molecule has 0 amide bonds. The Labute approximate surface area is 538 Å². The Bertz CT molecular complexity index is 3540. The molecule has 16 heteroatoms. The molecule has 0 unspecified atom stereocenters. The molecule has 15 nitrogen and oxygen atoms in total. The van der Waals surface area contributed by atoms with Crippen molar-refractivity contribution in [3.05, 3.63) is 173 Å². The first kappa shape index (κ1) is 73.5. The highest BCUT2D eigenvalue weighted by Crippen LogP contribution is 2.41. The molecule has 5 N–H and O–H groups in total. The lowest BCUT2D eigenvalue weighted by Crippen LogP contribution is -2.55. The number of aryl methyl sites for hydroxylation is 5. The van der Waals surface area contributed by atoms with Crippen molar-refractivity contribution in [1.29, 1.82) is 0 Å². The van der Waals surface area contributed by atoms with Crippen LogP contribution < -0.4 is 17.1 Å². The number of aromatic hydroxyl groups is 5. The summed E-state index contributed by atoms with van der Waals surface area (Å²) >= 11 is 1.50. The van der Waals surface area contributed by atoms with Gasteiger partial charge in [0.2, 0.25) is 0 Å². The quantitative estimate of drug-likeness (QED) is 0.0450. The van der Waals surface area contributed by atoms with Gasteiger partial charge in [-0.15, -0.1) is 0 Å². The maximum Gasteiger partial charge on any atom is 0.336 e. The highest BCUT2D eigenvalue weighted by molar-refractivity contribution is 7.99. The van der Waals surface area contributed by atoms with Crippen LogP contribution in [0.4, 0.5) is 0 Å². The third-order valence-corrected chi connectivity index (χ3v) is 18.5. The maximum atomic E-state index is 14.4. The van der Waals surface area contributed by atoms with Crippen LogP contribution in [0.2, 0.25) is 0 Å². The molecule has 5 aromatic carbocycles. The number of thioether (sulfide) groups is 1. The van der Waals surface area contributed by atoms with E-state index in [0.29, 0.717) is 44.9 Å². The van der Waals surface area contributed by atoms with Crippen LogP contribution in [0.15, 0.2) is 44.7 Å². The van der Waals surface area contributed by atoms with Gasteiger partial charge in [-0.2, -0.15) is 11.8 Å². The van der Waals surface area contributed by atoms with Gasteiger partial charge in [-0.3, -0.25) is 9.59 Å². The second kappa shape index (κ2) is 27.7. The number of hydrogen-bond donors (Lipinski definition) is 5. The van der Waals surface area contributed by atoms with Gasteiger partial charge >= 0.3 is 29.0 Å².